The zero-order valence-corrected chi connectivity index (χ0v) is 15.3. The number of nitrogens with one attached hydrogen (secondary N) is 2. The maximum atomic E-state index is 4.28. The average molecular weight is 336 g/mol. The van der Waals surface area contributed by atoms with Gasteiger partial charge in [-0.3, -0.25) is 9.89 Å². The highest BCUT2D eigenvalue weighted by Gasteiger charge is 2.14. The van der Waals surface area contributed by atoms with E-state index in [2.05, 4.69) is 54.0 Å². The molecule has 136 valence electrons. The summed E-state index contributed by atoms with van der Waals surface area (Å²) in [5, 5.41) is 14.8. The minimum Gasteiger partial charge on any atom is -0.355 e. The first-order valence-electron chi connectivity index (χ1n) is 9.02. The lowest BCUT2D eigenvalue weighted by Gasteiger charge is -2.34. The predicted molar refractivity (Wildman–Crippen MR) is 97.3 cm³/mol. The molecule has 1 saturated heterocycles. The van der Waals surface area contributed by atoms with Crippen LogP contribution < -0.4 is 10.6 Å². The van der Waals surface area contributed by atoms with E-state index in [0.717, 1.165) is 64.0 Å². The van der Waals surface area contributed by atoms with Gasteiger partial charge in [-0.15, -0.1) is 10.2 Å². The number of aliphatic imine (C=N–C) groups is 1. The zero-order chi connectivity index (χ0) is 17.2. The van der Waals surface area contributed by atoms with Gasteiger partial charge in [0, 0.05) is 65.8 Å². The number of nitrogens with zero attached hydrogens (tertiary/aromatic N) is 6. The standard InChI is InChI=1S/C16H32N8/c1-4-15-21-20-14-24(15)9-7-19-16(17-3)18-6-8-23-12-10-22(5-2)11-13-23/h14H,4-13H2,1-3H3,(H2,17,18,19). The molecule has 0 saturated carbocycles. The van der Waals surface area contributed by atoms with Crippen LogP contribution in [0.1, 0.15) is 19.7 Å². The van der Waals surface area contributed by atoms with Crippen molar-refractivity contribution in [3.05, 3.63) is 12.2 Å². The van der Waals surface area contributed by atoms with Gasteiger partial charge in [0.15, 0.2) is 5.96 Å². The quantitative estimate of drug-likeness (QED) is 0.499. The van der Waals surface area contributed by atoms with E-state index < -0.39 is 0 Å². The average Bonchev–Trinajstić information content (AvgIpc) is 3.08. The highest BCUT2D eigenvalue weighted by atomic mass is 15.3. The fourth-order valence-corrected chi connectivity index (χ4v) is 2.92. The van der Waals surface area contributed by atoms with Gasteiger partial charge in [-0.05, 0) is 6.54 Å². The third-order valence-corrected chi connectivity index (χ3v) is 4.51. The molecule has 24 heavy (non-hydrogen) atoms. The van der Waals surface area contributed by atoms with Crippen LogP contribution in [-0.4, -0.2) is 89.9 Å². The summed E-state index contributed by atoms with van der Waals surface area (Å²) in [6.07, 6.45) is 2.69. The van der Waals surface area contributed by atoms with Crippen LogP contribution in [0.3, 0.4) is 0 Å². The molecule has 1 aliphatic heterocycles. The molecule has 1 aromatic heterocycles. The molecule has 0 amide bonds. The van der Waals surface area contributed by atoms with E-state index >= 15 is 0 Å². The van der Waals surface area contributed by atoms with E-state index in [1.54, 1.807) is 6.33 Å². The number of rotatable bonds is 8. The number of likely N-dealkylation sites (N-methyl/N-ethyl adjacent to an activating group) is 1. The molecule has 0 unspecified atom stereocenters. The number of hydrogen-bond acceptors (Lipinski definition) is 5. The lowest BCUT2D eigenvalue weighted by atomic mass is 10.3. The van der Waals surface area contributed by atoms with Gasteiger partial charge >= 0.3 is 0 Å². The molecule has 0 radical (unpaired) electrons. The van der Waals surface area contributed by atoms with Crippen LogP contribution in [0, 0.1) is 0 Å². The van der Waals surface area contributed by atoms with Crippen LogP contribution in [0.15, 0.2) is 11.3 Å². The second-order valence-electron chi connectivity index (χ2n) is 6.00. The van der Waals surface area contributed by atoms with Crippen molar-refractivity contribution in [1.29, 1.82) is 0 Å². The van der Waals surface area contributed by atoms with E-state index in [1.807, 2.05) is 7.05 Å². The van der Waals surface area contributed by atoms with Crippen molar-refractivity contribution in [2.75, 3.05) is 59.4 Å². The van der Waals surface area contributed by atoms with Gasteiger partial charge in [0.05, 0.1) is 0 Å². The summed E-state index contributed by atoms with van der Waals surface area (Å²) < 4.78 is 2.08. The Bertz CT molecular complexity index is 490. The Kier molecular flexibility index (Phi) is 7.97. The van der Waals surface area contributed by atoms with Crippen molar-refractivity contribution in [3.8, 4) is 0 Å². The van der Waals surface area contributed by atoms with Crippen LogP contribution >= 0.6 is 0 Å². The van der Waals surface area contributed by atoms with Crippen molar-refractivity contribution in [1.82, 2.24) is 35.2 Å². The molecule has 1 aliphatic rings. The van der Waals surface area contributed by atoms with E-state index in [9.17, 15) is 0 Å². The summed E-state index contributed by atoms with van der Waals surface area (Å²) in [5.41, 5.74) is 0. The van der Waals surface area contributed by atoms with E-state index in [1.165, 1.54) is 13.1 Å². The minimum absolute atomic E-state index is 0.805. The Morgan fingerprint density at radius 1 is 1.08 bits per heavy atom. The van der Waals surface area contributed by atoms with Gasteiger partial charge in [-0.25, -0.2) is 0 Å². The van der Waals surface area contributed by atoms with Gasteiger partial charge in [-0.2, -0.15) is 0 Å². The second kappa shape index (κ2) is 10.2. The van der Waals surface area contributed by atoms with Crippen LogP contribution in [-0.2, 0) is 13.0 Å². The normalized spacial score (nSPS) is 17.2. The number of guanidine groups is 1. The Balaban J connectivity index is 1.61. The maximum Gasteiger partial charge on any atom is 0.191 e. The second-order valence-corrected chi connectivity index (χ2v) is 6.00. The lowest BCUT2D eigenvalue weighted by Crippen LogP contribution is -2.49. The molecular weight excluding hydrogens is 304 g/mol. The summed E-state index contributed by atoms with van der Waals surface area (Å²) >= 11 is 0. The monoisotopic (exact) mass is 336 g/mol. The third kappa shape index (κ3) is 5.76. The van der Waals surface area contributed by atoms with E-state index in [-0.39, 0.29) is 0 Å². The Morgan fingerprint density at radius 3 is 2.38 bits per heavy atom. The molecule has 0 aliphatic carbocycles. The molecule has 8 nitrogen and oxygen atoms in total. The summed E-state index contributed by atoms with van der Waals surface area (Å²) in [4.78, 5) is 9.30. The molecule has 2 N–H and O–H groups in total. The largest absolute Gasteiger partial charge is 0.355 e. The summed E-state index contributed by atoms with van der Waals surface area (Å²) in [6.45, 7) is 13.8. The molecule has 0 atom stereocenters. The van der Waals surface area contributed by atoms with Gasteiger partial charge in [0.2, 0.25) is 0 Å². The number of piperazine rings is 1. The topological polar surface area (TPSA) is 73.6 Å². The number of aryl methyl sites for hydroxylation is 1. The predicted octanol–water partition coefficient (Wildman–Crippen LogP) is -0.357. The first-order chi connectivity index (χ1) is 11.8. The van der Waals surface area contributed by atoms with Gasteiger partial charge in [0.25, 0.3) is 0 Å². The first kappa shape index (κ1) is 18.7. The molecule has 0 spiro atoms. The van der Waals surface area contributed by atoms with Crippen molar-refractivity contribution < 1.29 is 0 Å². The van der Waals surface area contributed by atoms with E-state index in [4.69, 9.17) is 0 Å². The Hall–Kier alpha value is -1.67. The van der Waals surface area contributed by atoms with Crippen LogP contribution in [0.25, 0.3) is 0 Å². The Morgan fingerprint density at radius 2 is 1.75 bits per heavy atom. The van der Waals surface area contributed by atoms with Crippen molar-refractivity contribution in [2.24, 2.45) is 4.99 Å². The van der Waals surface area contributed by atoms with Gasteiger partial charge in [0.1, 0.15) is 12.2 Å². The Labute approximate surface area is 145 Å². The van der Waals surface area contributed by atoms with Crippen LogP contribution in [0.4, 0.5) is 0 Å². The lowest BCUT2D eigenvalue weighted by molar-refractivity contribution is 0.139. The van der Waals surface area contributed by atoms with Crippen molar-refractivity contribution >= 4 is 5.96 Å². The van der Waals surface area contributed by atoms with Gasteiger partial charge < -0.3 is 20.1 Å². The van der Waals surface area contributed by atoms with Gasteiger partial charge in [-0.1, -0.05) is 13.8 Å². The van der Waals surface area contributed by atoms with E-state index in [0.29, 0.717) is 0 Å². The molecule has 0 bridgehead atoms. The van der Waals surface area contributed by atoms with Crippen molar-refractivity contribution in [3.63, 3.8) is 0 Å². The molecule has 8 heteroatoms. The molecule has 1 aromatic rings. The molecular formula is C16H32N8. The molecule has 0 aromatic carbocycles. The summed E-state index contributed by atoms with van der Waals surface area (Å²) in [7, 11) is 1.81. The summed E-state index contributed by atoms with van der Waals surface area (Å²) in [6, 6.07) is 0. The third-order valence-electron chi connectivity index (χ3n) is 4.51. The maximum absolute atomic E-state index is 4.28. The minimum atomic E-state index is 0.805. The fraction of sp³-hybridized carbons (Fsp3) is 0.812. The van der Waals surface area contributed by atoms with Crippen LogP contribution in [0.5, 0.6) is 0 Å². The molecule has 1 fully saturated rings. The zero-order valence-electron chi connectivity index (χ0n) is 15.3. The smallest absolute Gasteiger partial charge is 0.191 e. The first-order valence-corrected chi connectivity index (χ1v) is 9.02. The highest BCUT2D eigenvalue weighted by molar-refractivity contribution is 5.79. The summed E-state index contributed by atoms with van der Waals surface area (Å²) in [5.74, 6) is 1.87. The fourth-order valence-electron chi connectivity index (χ4n) is 2.92. The number of aromatic nitrogens is 3. The highest BCUT2D eigenvalue weighted by Crippen LogP contribution is 1.99. The van der Waals surface area contributed by atoms with Crippen molar-refractivity contribution in [2.45, 2.75) is 26.8 Å². The number of hydrogen-bond donors (Lipinski definition) is 2. The molecule has 2 rings (SSSR count). The SMILES string of the molecule is CCc1nncn1CCNC(=NC)NCCN1CCN(CC)CC1. The molecule has 2 heterocycles. The van der Waals surface area contributed by atoms with Crippen LogP contribution in [0.2, 0.25) is 0 Å².